The third kappa shape index (κ3) is 2.16. The maximum absolute atomic E-state index is 14.6. The second-order valence-corrected chi connectivity index (χ2v) is 5.61. The van der Waals surface area contributed by atoms with Crippen molar-refractivity contribution in [1.29, 1.82) is 0 Å². The van der Waals surface area contributed by atoms with Crippen molar-refractivity contribution in [3.05, 3.63) is 34.3 Å². The average molecular weight is 286 g/mol. The molecule has 0 saturated heterocycles. The molecule has 0 radical (unpaired) electrons. The fraction of sp³-hybridized carbons (Fsp3) is 0.538. The smallest absolute Gasteiger partial charge is 0.132 e. The van der Waals surface area contributed by atoms with Crippen LogP contribution in [-0.4, -0.2) is 6.54 Å². The Morgan fingerprint density at radius 1 is 1.38 bits per heavy atom. The van der Waals surface area contributed by atoms with E-state index in [0.29, 0.717) is 6.54 Å². The summed E-state index contributed by atoms with van der Waals surface area (Å²) in [5.74, 6) is 0. The fourth-order valence-electron chi connectivity index (χ4n) is 2.66. The van der Waals surface area contributed by atoms with Gasteiger partial charge in [-0.1, -0.05) is 40.9 Å². The van der Waals surface area contributed by atoms with Gasteiger partial charge in [0.25, 0.3) is 0 Å². The lowest BCUT2D eigenvalue weighted by Gasteiger charge is -2.31. The first-order chi connectivity index (χ1) is 7.68. The molecule has 1 aromatic carbocycles. The highest BCUT2D eigenvalue weighted by Crippen LogP contribution is 2.49. The Labute approximate surface area is 104 Å². The van der Waals surface area contributed by atoms with E-state index in [0.717, 1.165) is 35.7 Å². The van der Waals surface area contributed by atoms with Crippen LogP contribution in [-0.2, 0) is 0 Å². The molecule has 1 saturated carbocycles. The van der Waals surface area contributed by atoms with Crippen molar-refractivity contribution in [1.82, 2.24) is 0 Å². The third-order valence-corrected chi connectivity index (χ3v) is 4.18. The number of hydrogen-bond acceptors (Lipinski definition) is 1. The van der Waals surface area contributed by atoms with Gasteiger partial charge in [-0.25, -0.2) is 4.39 Å². The first kappa shape index (κ1) is 12.1. The second kappa shape index (κ2) is 4.84. The SMILES string of the molecule is NCC1(C(F)c2cccc(Br)c2)CCCC1. The van der Waals surface area contributed by atoms with Crippen LogP contribution in [0.15, 0.2) is 28.7 Å². The van der Waals surface area contributed by atoms with Crippen molar-refractivity contribution in [2.24, 2.45) is 11.1 Å². The van der Waals surface area contributed by atoms with E-state index in [-0.39, 0.29) is 5.41 Å². The molecule has 0 aliphatic heterocycles. The van der Waals surface area contributed by atoms with Crippen molar-refractivity contribution in [3.63, 3.8) is 0 Å². The van der Waals surface area contributed by atoms with Crippen LogP contribution < -0.4 is 5.73 Å². The number of rotatable bonds is 3. The third-order valence-electron chi connectivity index (χ3n) is 3.68. The average Bonchev–Trinajstić information content (AvgIpc) is 2.78. The predicted molar refractivity (Wildman–Crippen MR) is 67.9 cm³/mol. The summed E-state index contributed by atoms with van der Waals surface area (Å²) in [5.41, 5.74) is 6.23. The van der Waals surface area contributed by atoms with E-state index in [2.05, 4.69) is 15.9 Å². The Morgan fingerprint density at radius 2 is 2.06 bits per heavy atom. The zero-order valence-corrected chi connectivity index (χ0v) is 10.8. The molecule has 16 heavy (non-hydrogen) atoms. The summed E-state index contributed by atoms with van der Waals surface area (Å²) in [5, 5.41) is 0. The molecule has 88 valence electrons. The molecule has 1 aliphatic rings. The van der Waals surface area contributed by atoms with Gasteiger partial charge in [0, 0.05) is 16.4 Å². The monoisotopic (exact) mass is 285 g/mol. The van der Waals surface area contributed by atoms with E-state index < -0.39 is 6.17 Å². The maximum Gasteiger partial charge on any atom is 0.132 e. The molecule has 1 unspecified atom stereocenters. The molecular weight excluding hydrogens is 269 g/mol. The van der Waals surface area contributed by atoms with E-state index in [1.807, 2.05) is 24.3 Å². The zero-order chi connectivity index (χ0) is 11.6. The molecular formula is C13H17BrFN. The Kier molecular flexibility index (Phi) is 3.65. The molecule has 1 aromatic rings. The highest BCUT2D eigenvalue weighted by atomic mass is 79.9. The number of hydrogen-bond donors (Lipinski definition) is 1. The molecule has 1 fully saturated rings. The summed E-state index contributed by atoms with van der Waals surface area (Å²) >= 11 is 3.38. The largest absolute Gasteiger partial charge is 0.330 e. The van der Waals surface area contributed by atoms with Gasteiger partial charge in [-0.05, 0) is 30.5 Å². The molecule has 0 spiro atoms. The van der Waals surface area contributed by atoms with Crippen LogP contribution in [0.3, 0.4) is 0 Å². The van der Waals surface area contributed by atoms with Crippen LogP contribution in [0.25, 0.3) is 0 Å². The highest BCUT2D eigenvalue weighted by Gasteiger charge is 2.41. The lowest BCUT2D eigenvalue weighted by atomic mass is 9.78. The molecule has 0 heterocycles. The van der Waals surface area contributed by atoms with E-state index in [4.69, 9.17) is 5.73 Å². The normalized spacial score (nSPS) is 20.9. The van der Waals surface area contributed by atoms with Crippen LogP contribution in [0, 0.1) is 5.41 Å². The minimum atomic E-state index is -0.933. The molecule has 2 rings (SSSR count). The Morgan fingerprint density at radius 3 is 2.62 bits per heavy atom. The lowest BCUT2D eigenvalue weighted by molar-refractivity contribution is 0.119. The molecule has 3 heteroatoms. The molecule has 1 aliphatic carbocycles. The van der Waals surface area contributed by atoms with E-state index in [1.54, 1.807) is 0 Å². The van der Waals surface area contributed by atoms with Crippen LogP contribution in [0.5, 0.6) is 0 Å². The van der Waals surface area contributed by atoms with Crippen LogP contribution in [0.1, 0.15) is 37.4 Å². The Bertz CT molecular complexity index is 361. The number of alkyl halides is 1. The van der Waals surface area contributed by atoms with Crippen molar-refractivity contribution < 1.29 is 4.39 Å². The van der Waals surface area contributed by atoms with E-state index in [9.17, 15) is 4.39 Å². The number of benzene rings is 1. The van der Waals surface area contributed by atoms with Gasteiger partial charge in [0.1, 0.15) is 6.17 Å². The topological polar surface area (TPSA) is 26.0 Å². The molecule has 0 bridgehead atoms. The highest BCUT2D eigenvalue weighted by molar-refractivity contribution is 9.10. The Balaban J connectivity index is 2.26. The maximum atomic E-state index is 14.6. The van der Waals surface area contributed by atoms with Gasteiger partial charge < -0.3 is 5.73 Å². The van der Waals surface area contributed by atoms with Crippen LogP contribution >= 0.6 is 15.9 Å². The standard InChI is InChI=1S/C13H17BrFN/c14-11-5-3-4-10(8-11)12(15)13(9-16)6-1-2-7-13/h3-5,8,12H,1-2,6-7,9,16H2. The van der Waals surface area contributed by atoms with Gasteiger partial charge in [-0.2, -0.15) is 0 Å². The molecule has 2 N–H and O–H groups in total. The van der Waals surface area contributed by atoms with Crippen molar-refractivity contribution in [2.45, 2.75) is 31.9 Å². The Hall–Kier alpha value is -0.410. The van der Waals surface area contributed by atoms with Gasteiger partial charge in [0.15, 0.2) is 0 Å². The van der Waals surface area contributed by atoms with Gasteiger partial charge in [-0.3, -0.25) is 0 Å². The molecule has 0 amide bonds. The molecule has 1 atom stereocenters. The predicted octanol–water partition coefficient (Wildman–Crippen LogP) is 3.98. The molecule has 1 nitrogen and oxygen atoms in total. The summed E-state index contributed by atoms with van der Waals surface area (Å²) in [4.78, 5) is 0. The number of nitrogens with two attached hydrogens (primary N) is 1. The zero-order valence-electron chi connectivity index (χ0n) is 9.26. The number of halogens is 2. The second-order valence-electron chi connectivity index (χ2n) is 4.69. The van der Waals surface area contributed by atoms with Crippen molar-refractivity contribution in [3.8, 4) is 0 Å². The first-order valence-electron chi connectivity index (χ1n) is 5.77. The minimum Gasteiger partial charge on any atom is -0.330 e. The van der Waals surface area contributed by atoms with Crippen molar-refractivity contribution in [2.75, 3.05) is 6.54 Å². The van der Waals surface area contributed by atoms with Gasteiger partial charge in [-0.15, -0.1) is 0 Å². The lowest BCUT2D eigenvalue weighted by Crippen LogP contribution is -2.32. The molecule has 0 aromatic heterocycles. The van der Waals surface area contributed by atoms with E-state index in [1.165, 1.54) is 0 Å². The van der Waals surface area contributed by atoms with E-state index >= 15 is 0 Å². The van der Waals surface area contributed by atoms with Crippen molar-refractivity contribution >= 4 is 15.9 Å². The summed E-state index contributed by atoms with van der Waals surface area (Å²) in [6.45, 7) is 0.445. The quantitative estimate of drug-likeness (QED) is 0.893. The minimum absolute atomic E-state index is 0.319. The van der Waals surface area contributed by atoms with Gasteiger partial charge in [0.2, 0.25) is 0 Å². The summed E-state index contributed by atoms with van der Waals surface area (Å²) in [6, 6.07) is 7.51. The van der Waals surface area contributed by atoms with Crippen LogP contribution in [0.2, 0.25) is 0 Å². The summed E-state index contributed by atoms with van der Waals surface area (Å²) < 4.78 is 15.5. The van der Waals surface area contributed by atoms with Gasteiger partial charge in [0.05, 0.1) is 0 Å². The van der Waals surface area contributed by atoms with Crippen LogP contribution in [0.4, 0.5) is 4.39 Å². The summed E-state index contributed by atoms with van der Waals surface area (Å²) in [7, 11) is 0. The van der Waals surface area contributed by atoms with Gasteiger partial charge >= 0.3 is 0 Å². The summed E-state index contributed by atoms with van der Waals surface area (Å²) in [6.07, 6.45) is 3.10. The fourth-order valence-corrected chi connectivity index (χ4v) is 3.07. The first-order valence-corrected chi connectivity index (χ1v) is 6.57.